The Morgan fingerprint density at radius 3 is 2.62 bits per heavy atom. The molecule has 2 rings (SSSR count). The number of nitrogens with zero attached hydrogens (tertiary/aromatic N) is 2. The maximum Gasteiger partial charge on any atom is 0.260 e. The van der Waals surface area contributed by atoms with E-state index in [0.29, 0.717) is 23.8 Å². The normalized spacial score (nSPS) is 11.9. The first kappa shape index (κ1) is 19.9. The molecule has 26 heavy (non-hydrogen) atoms. The molecule has 9 heteroatoms. The number of hydrogen-bond acceptors (Lipinski definition) is 6. The van der Waals surface area contributed by atoms with E-state index >= 15 is 0 Å². The standard InChI is InChI=1S/C17H21N3O4S2/c1-4-24-15-9-6-5-8-14(15)20(26(3,22)23)12-17(21)19-18-13(2)16-10-7-11-25-16/h5-11H,4,12H2,1-3H3,(H,19,21)/b18-13-. The smallest absolute Gasteiger partial charge is 0.260 e. The van der Waals surface area contributed by atoms with Crippen LogP contribution in [0.1, 0.15) is 18.7 Å². The lowest BCUT2D eigenvalue weighted by Gasteiger charge is -2.23. The van der Waals surface area contributed by atoms with Gasteiger partial charge in [-0.1, -0.05) is 18.2 Å². The zero-order valence-corrected chi connectivity index (χ0v) is 16.4. The number of amides is 1. The molecule has 0 aliphatic heterocycles. The molecule has 140 valence electrons. The first-order valence-electron chi connectivity index (χ1n) is 7.89. The summed E-state index contributed by atoms with van der Waals surface area (Å²) in [5, 5.41) is 5.94. The Morgan fingerprint density at radius 1 is 1.27 bits per heavy atom. The van der Waals surface area contributed by atoms with E-state index in [4.69, 9.17) is 4.74 Å². The lowest BCUT2D eigenvalue weighted by Crippen LogP contribution is -2.39. The third-order valence-corrected chi connectivity index (χ3v) is 5.45. The number of thiophene rings is 1. The van der Waals surface area contributed by atoms with Crippen molar-refractivity contribution in [2.24, 2.45) is 5.10 Å². The van der Waals surface area contributed by atoms with Crippen molar-refractivity contribution in [1.29, 1.82) is 0 Å². The van der Waals surface area contributed by atoms with Crippen molar-refractivity contribution < 1.29 is 17.9 Å². The van der Waals surface area contributed by atoms with Gasteiger partial charge in [0.25, 0.3) is 5.91 Å². The van der Waals surface area contributed by atoms with Gasteiger partial charge in [-0.05, 0) is 37.4 Å². The van der Waals surface area contributed by atoms with E-state index in [1.165, 1.54) is 11.3 Å². The van der Waals surface area contributed by atoms with Gasteiger partial charge in [0.2, 0.25) is 10.0 Å². The molecule has 0 fully saturated rings. The van der Waals surface area contributed by atoms with Crippen LogP contribution in [0.4, 0.5) is 5.69 Å². The summed E-state index contributed by atoms with van der Waals surface area (Å²) in [6.07, 6.45) is 1.04. The second-order valence-electron chi connectivity index (χ2n) is 5.38. The van der Waals surface area contributed by atoms with Crippen molar-refractivity contribution in [2.45, 2.75) is 13.8 Å². The maximum absolute atomic E-state index is 12.3. The number of ether oxygens (including phenoxy) is 1. The van der Waals surface area contributed by atoms with Gasteiger partial charge in [-0.15, -0.1) is 11.3 Å². The largest absolute Gasteiger partial charge is 0.492 e. The van der Waals surface area contributed by atoms with Crippen LogP contribution in [0.15, 0.2) is 46.9 Å². The summed E-state index contributed by atoms with van der Waals surface area (Å²) in [6.45, 7) is 3.55. The summed E-state index contributed by atoms with van der Waals surface area (Å²) in [6, 6.07) is 10.5. The first-order valence-corrected chi connectivity index (χ1v) is 10.6. The number of benzene rings is 1. The Hall–Kier alpha value is -2.39. The third kappa shape index (κ3) is 5.30. The summed E-state index contributed by atoms with van der Waals surface area (Å²) in [5.41, 5.74) is 3.36. The molecule has 0 radical (unpaired) electrons. The molecule has 7 nitrogen and oxygen atoms in total. The van der Waals surface area contributed by atoms with Gasteiger partial charge in [-0.3, -0.25) is 9.10 Å². The predicted octanol–water partition coefficient (Wildman–Crippen LogP) is 2.45. The van der Waals surface area contributed by atoms with E-state index in [1.807, 2.05) is 17.5 Å². The van der Waals surface area contributed by atoms with E-state index in [0.717, 1.165) is 15.4 Å². The molecule has 0 bridgehead atoms. The molecule has 0 atom stereocenters. The van der Waals surface area contributed by atoms with Gasteiger partial charge < -0.3 is 4.74 Å². The molecule has 1 amide bonds. The van der Waals surface area contributed by atoms with Gasteiger partial charge in [0.1, 0.15) is 12.3 Å². The van der Waals surface area contributed by atoms with E-state index in [2.05, 4.69) is 10.5 Å². The Morgan fingerprint density at radius 2 is 2.00 bits per heavy atom. The Labute approximate surface area is 157 Å². The van der Waals surface area contributed by atoms with Gasteiger partial charge in [0.05, 0.1) is 24.3 Å². The van der Waals surface area contributed by atoms with Crippen LogP contribution >= 0.6 is 11.3 Å². The number of hydrazone groups is 1. The lowest BCUT2D eigenvalue weighted by molar-refractivity contribution is -0.119. The second kappa shape index (κ2) is 8.81. The zero-order chi connectivity index (χ0) is 19.2. The van der Waals surface area contributed by atoms with Crippen molar-refractivity contribution in [3.05, 3.63) is 46.7 Å². The number of nitrogens with one attached hydrogen (secondary N) is 1. The first-order chi connectivity index (χ1) is 12.3. The fourth-order valence-electron chi connectivity index (χ4n) is 2.17. The quantitative estimate of drug-likeness (QED) is 0.549. The van der Waals surface area contributed by atoms with E-state index < -0.39 is 22.5 Å². The molecule has 0 spiro atoms. The molecule has 0 aliphatic carbocycles. The molecule has 2 aromatic rings. The van der Waals surface area contributed by atoms with E-state index in [9.17, 15) is 13.2 Å². The van der Waals surface area contributed by atoms with Gasteiger partial charge in [0.15, 0.2) is 0 Å². The average molecular weight is 396 g/mol. The minimum Gasteiger partial charge on any atom is -0.492 e. The van der Waals surface area contributed by atoms with Crippen molar-refractivity contribution in [3.63, 3.8) is 0 Å². The van der Waals surface area contributed by atoms with Crippen LogP contribution in [-0.2, 0) is 14.8 Å². The Kier molecular flexibility index (Phi) is 6.76. The van der Waals surface area contributed by atoms with Crippen molar-refractivity contribution in [2.75, 3.05) is 23.7 Å². The van der Waals surface area contributed by atoms with Crippen LogP contribution in [0.3, 0.4) is 0 Å². The monoisotopic (exact) mass is 395 g/mol. The molecular weight excluding hydrogens is 374 g/mol. The van der Waals surface area contributed by atoms with Gasteiger partial charge in [-0.25, -0.2) is 13.8 Å². The number of carbonyl (C=O) groups excluding carboxylic acids is 1. The topological polar surface area (TPSA) is 88.1 Å². The van der Waals surface area contributed by atoms with Crippen LogP contribution in [-0.4, -0.2) is 39.4 Å². The lowest BCUT2D eigenvalue weighted by atomic mass is 10.3. The van der Waals surface area contributed by atoms with Crippen molar-refractivity contribution in [3.8, 4) is 5.75 Å². The Balaban J connectivity index is 2.19. The second-order valence-corrected chi connectivity index (χ2v) is 8.23. The SMILES string of the molecule is CCOc1ccccc1N(CC(=O)N/N=C(/C)c1cccs1)S(C)(=O)=O. The number of carbonyl (C=O) groups is 1. The molecule has 0 saturated heterocycles. The molecule has 1 aromatic carbocycles. The molecule has 0 saturated carbocycles. The van der Waals surface area contributed by atoms with Crippen LogP contribution < -0.4 is 14.5 Å². The van der Waals surface area contributed by atoms with Crippen LogP contribution in [0.25, 0.3) is 0 Å². The minimum absolute atomic E-state index is 0.311. The number of anilines is 1. The summed E-state index contributed by atoms with van der Waals surface area (Å²) in [7, 11) is -3.69. The van der Waals surface area contributed by atoms with Crippen LogP contribution in [0, 0.1) is 0 Å². The van der Waals surface area contributed by atoms with Crippen LogP contribution in [0.2, 0.25) is 0 Å². The number of rotatable bonds is 8. The van der Waals surface area contributed by atoms with Gasteiger partial charge >= 0.3 is 0 Å². The highest BCUT2D eigenvalue weighted by Gasteiger charge is 2.23. The maximum atomic E-state index is 12.3. The highest BCUT2D eigenvalue weighted by Crippen LogP contribution is 2.29. The van der Waals surface area contributed by atoms with Crippen LogP contribution in [0.5, 0.6) is 5.75 Å². The highest BCUT2D eigenvalue weighted by molar-refractivity contribution is 7.92. The number of hydrogen-bond donors (Lipinski definition) is 1. The number of sulfonamides is 1. The fourth-order valence-corrected chi connectivity index (χ4v) is 3.71. The van der Waals surface area contributed by atoms with Crippen molar-refractivity contribution in [1.82, 2.24) is 5.43 Å². The molecule has 1 N–H and O–H groups in total. The average Bonchev–Trinajstić information content (AvgIpc) is 3.12. The van der Waals surface area contributed by atoms with Gasteiger partial charge in [-0.2, -0.15) is 5.10 Å². The third-order valence-electron chi connectivity index (χ3n) is 3.35. The Bertz CT molecular complexity index is 877. The highest BCUT2D eigenvalue weighted by atomic mass is 32.2. The minimum atomic E-state index is -3.69. The summed E-state index contributed by atoms with van der Waals surface area (Å²) in [4.78, 5) is 13.2. The van der Waals surface area contributed by atoms with Crippen molar-refractivity contribution >= 4 is 38.7 Å². The molecule has 1 heterocycles. The van der Waals surface area contributed by atoms with E-state index in [1.54, 1.807) is 38.1 Å². The summed E-state index contributed by atoms with van der Waals surface area (Å²) >= 11 is 1.50. The molecule has 0 aliphatic rings. The molecular formula is C17H21N3O4S2. The fraction of sp³-hybridized carbons (Fsp3) is 0.294. The van der Waals surface area contributed by atoms with Gasteiger partial charge in [0, 0.05) is 4.88 Å². The zero-order valence-electron chi connectivity index (χ0n) is 14.8. The summed E-state index contributed by atoms with van der Waals surface area (Å²) in [5.74, 6) is -0.149. The molecule has 1 aromatic heterocycles. The predicted molar refractivity (Wildman–Crippen MR) is 104 cm³/mol. The number of para-hydroxylation sites is 2. The summed E-state index contributed by atoms with van der Waals surface area (Å²) < 4.78 is 30.9. The van der Waals surface area contributed by atoms with E-state index in [-0.39, 0.29) is 0 Å². The molecule has 0 unspecified atom stereocenters.